The molecule has 0 radical (unpaired) electrons. The lowest BCUT2D eigenvalue weighted by Gasteiger charge is -2.20. The Hall–Kier alpha value is -0.360. The third kappa shape index (κ3) is 6.00. The van der Waals surface area contributed by atoms with Gasteiger partial charge in [0.2, 0.25) is 0 Å². The van der Waals surface area contributed by atoms with Gasteiger partial charge in [-0.3, -0.25) is 0 Å². The second kappa shape index (κ2) is 7.28. The molecule has 2 nitrogen and oxygen atoms in total. The second-order valence-electron chi connectivity index (χ2n) is 4.85. The van der Waals surface area contributed by atoms with Gasteiger partial charge in [0.1, 0.15) is 6.61 Å². The first-order valence-corrected chi connectivity index (χ1v) is 6.42. The quantitative estimate of drug-likeness (QED) is 0.617. The maximum atomic E-state index is 12.6. The lowest BCUT2D eigenvalue weighted by atomic mass is 10.1. The van der Waals surface area contributed by atoms with Crippen LogP contribution < -0.4 is 5.32 Å². The molecule has 1 fully saturated rings. The van der Waals surface area contributed by atoms with E-state index in [1.54, 1.807) is 0 Å². The molecular formula is C12H21F4NO. The highest BCUT2D eigenvalue weighted by Crippen LogP contribution is 2.33. The maximum Gasteiger partial charge on any atom is 0.330 e. The Morgan fingerprint density at radius 2 is 2.00 bits per heavy atom. The first kappa shape index (κ1) is 15.7. The van der Waals surface area contributed by atoms with E-state index in [0.717, 1.165) is 18.8 Å². The fourth-order valence-corrected chi connectivity index (χ4v) is 1.78. The standard InChI is InChI=1S/C12H21F4NO/c1-2-17-10(6-5-9-3-4-9)7-18-8-12(15,16)11(13)14/h9-11,17H,2-8H2,1H3. The molecule has 0 aliphatic heterocycles. The molecule has 1 atom stereocenters. The molecule has 0 saturated heterocycles. The zero-order valence-corrected chi connectivity index (χ0v) is 10.6. The van der Waals surface area contributed by atoms with Gasteiger partial charge in [-0.15, -0.1) is 0 Å². The molecule has 0 aromatic carbocycles. The van der Waals surface area contributed by atoms with Gasteiger partial charge in [0.25, 0.3) is 0 Å². The van der Waals surface area contributed by atoms with Crippen molar-refractivity contribution in [3.8, 4) is 0 Å². The van der Waals surface area contributed by atoms with Crippen LogP contribution in [0.5, 0.6) is 0 Å². The van der Waals surface area contributed by atoms with Crippen molar-refractivity contribution in [1.29, 1.82) is 0 Å². The topological polar surface area (TPSA) is 21.3 Å². The smallest absolute Gasteiger partial charge is 0.330 e. The highest BCUT2D eigenvalue weighted by atomic mass is 19.3. The molecule has 0 amide bonds. The Kier molecular flexibility index (Phi) is 6.35. The maximum absolute atomic E-state index is 12.6. The van der Waals surface area contributed by atoms with Crippen LogP contribution in [0.4, 0.5) is 17.6 Å². The number of hydrogen-bond donors (Lipinski definition) is 1. The summed E-state index contributed by atoms with van der Waals surface area (Å²) >= 11 is 0. The van der Waals surface area contributed by atoms with E-state index >= 15 is 0 Å². The Labute approximate surface area is 105 Å². The molecule has 1 rings (SSSR count). The van der Waals surface area contributed by atoms with Gasteiger partial charge in [-0.25, -0.2) is 8.78 Å². The third-order valence-electron chi connectivity index (χ3n) is 3.05. The zero-order chi connectivity index (χ0) is 13.6. The molecule has 18 heavy (non-hydrogen) atoms. The lowest BCUT2D eigenvalue weighted by molar-refractivity contribution is -0.167. The number of rotatable bonds is 10. The van der Waals surface area contributed by atoms with Crippen LogP contribution in [-0.4, -0.2) is 38.1 Å². The van der Waals surface area contributed by atoms with Crippen LogP contribution in [0.15, 0.2) is 0 Å². The minimum absolute atomic E-state index is 0.0240. The van der Waals surface area contributed by atoms with Crippen molar-refractivity contribution < 1.29 is 22.3 Å². The van der Waals surface area contributed by atoms with E-state index < -0.39 is 19.0 Å². The fourth-order valence-electron chi connectivity index (χ4n) is 1.78. The van der Waals surface area contributed by atoms with Crippen LogP contribution in [0.1, 0.15) is 32.6 Å². The van der Waals surface area contributed by atoms with Gasteiger partial charge in [0.05, 0.1) is 6.61 Å². The fraction of sp³-hybridized carbons (Fsp3) is 1.00. The van der Waals surface area contributed by atoms with Gasteiger partial charge < -0.3 is 10.1 Å². The number of hydrogen-bond acceptors (Lipinski definition) is 2. The summed E-state index contributed by atoms with van der Waals surface area (Å²) in [5, 5.41) is 3.12. The highest BCUT2D eigenvalue weighted by Gasteiger charge is 2.41. The molecule has 6 heteroatoms. The zero-order valence-electron chi connectivity index (χ0n) is 10.6. The molecule has 1 unspecified atom stereocenters. The molecule has 1 saturated carbocycles. The van der Waals surface area contributed by atoms with Crippen molar-refractivity contribution in [3.63, 3.8) is 0 Å². The summed E-state index contributed by atoms with van der Waals surface area (Å²) < 4.78 is 53.8. The minimum atomic E-state index is -4.05. The van der Waals surface area contributed by atoms with Crippen LogP contribution in [0.2, 0.25) is 0 Å². The van der Waals surface area contributed by atoms with Gasteiger partial charge in [0, 0.05) is 6.04 Å². The molecular weight excluding hydrogens is 250 g/mol. The van der Waals surface area contributed by atoms with E-state index in [-0.39, 0.29) is 12.6 Å². The molecule has 0 aromatic heterocycles. The van der Waals surface area contributed by atoms with E-state index in [2.05, 4.69) is 5.32 Å². The van der Waals surface area contributed by atoms with Crippen LogP contribution in [0.25, 0.3) is 0 Å². The van der Waals surface area contributed by atoms with E-state index in [0.29, 0.717) is 6.54 Å². The summed E-state index contributed by atoms with van der Waals surface area (Å²) in [6.07, 6.45) is 0.707. The van der Waals surface area contributed by atoms with E-state index in [1.807, 2.05) is 6.92 Å². The summed E-state index contributed by atoms with van der Waals surface area (Å²) in [4.78, 5) is 0. The molecule has 0 heterocycles. The largest absolute Gasteiger partial charge is 0.373 e. The van der Waals surface area contributed by atoms with Crippen molar-refractivity contribution in [1.82, 2.24) is 5.32 Å². The third-order valence-corrected chi connectivity index (χ3v) is 3.05. The summed E-state index contributed by atoms with van der Waals surface area (Å²) in [7, 11) is 0. The molecule has 1 aliphatic carbocycles. The number of ether oxygens (including phenoxy) is 1. The first-order chi connectivity index (χ1) is 8.45. The Morgan fingerprint density at radius 3 is 2.50 bits per heavy atom. The number of halogens is 4. The summed E-state index contributed by atoms with van der Waals surface area (Å²) in [5.41, 5.74) is 0. The number of nitrogens with one attached hydrogen (secondary N) is 1. The molecule has 0 aromatic rings. The summed E-state index contributed by atoms with van der Waals surface area (Å²) in [6, 6.07) is -0.0240. The second-order valence-corrected chi connectivity index (χ2v) is 4.85. The minimum Gasteiger partial charge on any atom is -0.373 e. The summed E-state index contributed by atoms with van der Waals surface area (Å²) in [6.45, 7) is 1.47. The van der Waals surface area contributed by atoms with Crippen LogP contribution in [0.3, 0.4) is 0 Å². The van der Waals surface area contributed by atoms with Gasteiger partial charge in [-0.2, -0.15) is 8.78 Å². The molecule has 1 N–H and O–H groups in total. The average Bonchev–Trinajstić information content (AvgIpc) is 3.09. The van der Waals surface area contributed by atoms with E-state index in [9.17, 15) is 17.6 Å². The predicted molar refractivity (Wildman–Crippen MR) is 61.2 cm³/mol. The van der Waals surface area contributed by atoms with E-state index in [1.165, 1.54) is 12.8 Å². The van der Waals surface area contributed by atoms with Crippen LogP contribution in [0, 0.1) is 5.92 Å². The molecule has 1 aliphatic rings. The van der Waals surface area contributed by atoms with E-state index in [4.69, 9.17) is 4.74 Å². The first-order valence-electron chi connectivity index (χ1n) is 6.42. The Morgan fingerprint density at radius 1 is 1.33 bits per heavy atom. The van der Waals surface area contributed by atoms with Gasteiger partial charge in [0.15, 0.2) is 0 Å². The number of likely N-dealkylation sites (N-methyl/N-ethyl adjacent to an activating group) is 1. The molecule has 0 bridgehead atoms. The molecule has 108 valence electrons. The normalized spacial score (nSPS) is 18.3. The molecule has 0 spiro atoms. The van der Waals surface area contributed by atoms with Crippen molar-refractivity contribution >= 4 is 0 Å². The van der Waals surface area contributed by atoms with Crippen molar-refractivity contribution in [2.75, 3.05) is 19.8 Å². The summed E-state index contributed by atoms with van der Waals surface area (Å²) in [5.74, 6) is -3.29. The highest BCUT2D eigenvalue weighted by molar-refractivity contribution is 4.77. The van der Waals surface area contributed by atoms with Gasteiger partial charge in [-0.1, -0.05) is 19.8 Å². The monoisotopic (exact) mass is 271 g/mol. The Bertz CT molecular complexity index is 234. The Balaban J connectivity index is 2.18. The van der Waals surface area contributed by atoms with Gasteiger partial charge in [-0.05, 0) is 25.3 Å². The van der Waals surface area contributed by atoms with Crippen LogP contribution >= 0.6 is 0 Å². The van der Waals surface area contributed by atoms with Gasteiger partial charge >= 0.3 is 12.3 Å². The average molecular weight is 271 g/mol. The van der Waals surface area contributed by atoms with Crippen molar-refractivity contribution in [3.05, 3.63) is 0 Å². The SMILES string of the molecule is CCNC(CCC1CC1)COCC(F)(F)C(F)F. The van der Waals surface area contributed by atoms with Crippen molar-refractivity contribution in [2.45, 2.75) is 51.0 Å². The van der Waals surface area contributed by atoms with Crippen molar-refractivity contribution in [2.24, 2.45) is 5.92 Å². The predicted octanol–water partition coefficient (Wildman–Crippen LogP) is 3.07. The number of alkyl halides is 4. The lowest BCUT2D eigenvalue weighted by Crippen LogP contribution is -2.37. The van der Waals surface area contributed by atoms with Crippen LogP contribution in [-0.2, 0) is 4.74 Å².